The Morgan fingerprint density at radius 3 is 2.81 bits per heavy atom. The maximum Gasteiger partial charge on any atom is 0.223 e. The molecular formula is C10H7ClFN3S. The van der Waals surface area contributed by atoms with Crippen LogP contribution in [0.2, 0.25) is 5.28 Å². The van der Waals surface area contributed by atoms with Crippen LogP contribution < -0.4 is 5.73 Å². The standard InChI is InChI=1S/C10H7ClFN3S/c11-10-14-5-7(13)9(15-10)16-8-4-2-1-3-6(8)12/h1-5H,13H2. The van der Waals surface area contributed by atoms with Gasteiger partial charge in [-0.2, -0.15) is 0 Å². The molecule has 2 aromatic rings. The van der Waals surface area contributed by atoms with Crippen molar-refractivity contribution in [1.29, 1.82) is 0 Å². The number of anilines is 1. The summed E-state index contributed by atoms with van der Waals surface area (Å²) in [5.41, 5.74) is 6.03. The SMILES string of the molecule is Nc1cnc(Cl)nc1Sc1ccccc1F. The smallest absolute Gasteiger partial charge is 0.223 e. The van der Waals surface area contributed by atoms with Crippen molar-refractivity contribution in [2.45, 2.75) is 9.92 Å². The summed E-state index contributed by atoms with van der Waals surface area (Å²) >= 11 is 6.76. The molecule has 0 aliphatic heterocycles. The lowest BCUT2D eigenvalue weighted by atomic mass is 10.3. The van der Waals surface area contributed by atoms with Crippen molar-refractivity contribution in [3.8, 4) is 0 Å². The maximum atomic E-state index is 13.4. The zero-order valence-electron chi connectivity index (χ0n) is 8.02. The molecule has 0 unspecified atom stereocenters. The number of rotatable bonds is 2. The largest absolute Gasteiger partial charge is 0.395 e. The molecule has 82 valence electrons. The van der Waals surface area contributed by atoms with E-state index in [0.29, 0.717) is 15.6 Å². The van der Waals surface area contributed by atoms with E-state index in [1.54, 1.807) is 18.2 Å². The Balaban J connectivity index is 2.34. The minimum atomic E-state index is -0.318. The number of nitrogen functional groups attached to an aromatic ring is 1. The summed E-state index contributed by atoms with van der Waals surface area (Å²) in [6.45, 7) is 0. The zero-order chi connectivity index (χ0) is 11.5. The van der Waals surface area contributed by atoms with E-state index in [4.69, 9.17) is 17.3 Å². The topological polar surface area (TPSA) is 51.8 Å². The van der Waals surface area contributed by atoms with E-state index in [1.165, 1.54) is 12.3 Å². The van der Waals surface area contributed by atoms with Crippen LogP contribution in [-0.2, 0) is 0 Å². The second-order valence-corrected chi connectivity index (χ2v) is 4.30. The average Bonchev–Trinajstić information content (AvgIpc) is 2.27. The molecule has 0 amide bonds. The number of nitrogens with zero attached hydrogens (tertiary/aromatic N) is 2. The van der Waals surface area contributed by atoms with Crippen molar-refractivity contribution >= 4 is 29.1 Å². The van der Waals surface area contributed by atoms with Gasteiger partial charge in [0.05, 0.1) is 11.9 Å². The molecule has 1 aromatic carbocycles. The third-order valence-corrected chi connectivity index (χ3v) is 3.05. The lowest BCUT2D eigenvalue weighted by molar-refractivity contribution is 0.602. The van der Waals surface area contributed by atoms with Gasteiger partial charge in [-0.25, -0.2) is 14.4 Å². The summed E-state index contributed by atoms with van der Waals surface area (Å²) < 4.78 is 13.4. The highest BCUT2D eigenvalue weighted by molar-refractivity contribution is 7.99. The molecule has 0 radical (unpaired) electrons. The Kier molecular flexibility index (Phi) is 3.26. The molecule has 0 fully saturated rings. The van der Waals surface area contributed by atoms with Crippen LogP contribution in [0.15, 0.2) is 40.4 Å². The van der Waals surface area contributed by atoms with Crippen molar-refractivity contribution in [2.75, 3.05) is 5.73 Å². The highest BCUT2D eigenvalue weighted by Crippen LogP contribution is 2.31. The van der Waals surface area contributed by atoms with E-state index in [-0.39, 0.29) is 11.1 Å². The van der Waals surface area contributed by atoms with Crippen molar-refractivity contribution in [3.63, 3.8) is 0 Å². The molecule has 16 heavy (non-hydrogen) atoms. The first kappa shape index (κ1) is 11.2. The second-order valence-electron chi connectivity index (χ2n) is 2.93. The highest BCUT2D eigenvalue weighted by atomic mass is 35.5. The first-order chi connectivity index (χ1) is 7.66. The molecule has 0 saturated carbocycles. The minimum Gasteiger partial charge on any atom is -0.395 e. The number of benzene rings is 1. The quantitative estimate of drug-likeness (QED) is 0.662. The van der Waals surface area contributed by atoms with Gasteiger partial charge in [-0.1, -0.05) is 23.9 Å². The van der Waals surface area contributed by atoms with Gasteiger partial charge in [0.1, 0.15) is 10.8 Å². The molecule has 0 bridgehead atoms. The predicted molar refractivity (Wildman–Crippen MR) is 62.0 cm³/mol. The summed E-state index contributed by atoms with van der Waals surface area (Å²) in [4.78, 5) is 8.11. The molecule has 1 aromatic heterocycles. The van der Waals surface area contributed by atoms with Gasteiger partial charge in [-0.05, 0) is 23.7 Å². The van der Waals surface area contributed by atoms with Crippen molar-refractivity contribution in [1.82, 2.24) is 9.97 Å². The summed E-state index contributed by atoms with van der Waals surface area (Å²) in [6, 6.07) is 6.39. The molecule has 2 N–H and O–H groups in total. The first-order valence-corrected chi connectivity index (χ1v) is 5.56. The van der Waals surface area contributed by atoms with E-state index in [0.717, 1.165) is 11.8 Å². The molecule has 6 heteroatoms. The lowest BCUT2D eigenvalue weighted by Crippen LogP contribution is -1.94. The van der Waals surface area contributed by atoms with Gasteiger partial charge >= 0.3 is 0 Å². The molecule has 0 spiro atoms. The Morgan fingerprint density at radius 1 is 1.31 bits per heavy atom. The zero-order valence-corrected chi connectivity index (χ0v) is 9.60. The van der Waals surface area contributed by atoms with Crippen molar-refractivity contribution in [2.24, 2.45) is 0 Å². The number of aromatic nitrogens is 2. The fourth-order valence-corrected chi connectivity index (χ4v) is 2.08. The number of hydrogen-bond acceptors (Lipinski definition) is 4. The van der Waals surface area contributed by atoms with Crippen LogP contribution in [0.25, 0.3) is 0 Å². The molecule has 2 rings (SSSR count). The molecule has 3 nitrogen and oxygen atoms in total. The van der Waals surface area contributed by atoms with Crippen molar-refractivity contribution in [3.05, 3.63) is 41.6 Å². The Morgan fingerprint density at radius 2 is 2.06 bits per heavy atom. The third kappa shape index (κ3) is 2.43. The maximum absolute atomic E-state index is 13.4. The summed E-state index contributed by atoms with van der Waals surface area (Å²) in [5.74, 6) is -0.318. The normalized spacial score (nSPS) is 10.4. The van der Waals surface area contributed by atoms with Crippen molar-refractivity contribution < 1.29 is 4.39 Å². The summed E-state index contributed by atoms with van der Waals surface area (Å²) in [7, 11) is 0. The summed E-state index contributed by atoms with van der Waals surface area (Å²) in [5, 5.41) is 0.540. The molecule has 0 atom stereocenters. The van der Waals surface area contributed by atoms with Crippen LogP contribution in [0.1, 0.15) is 0 Å². The monoisotopic (exact) mass is 255 g/mol. The van der Waals surface area contributed by atoms with Crippen LogP contribution in [0, 0.1) is 5.82 Å². The number of hydrogen-bond donors (Lipinski definition) is 1. The number of nitrogens with two attached hydrogens (primary N) is 1. The Bertz CT molecular complexity index is 521. The van der Waals surface area contributed by atoms with Gasteiger partial charge in [0.25, 0.3) is 0 Å². The van der Waals surface area contributed by atoms with Crippen LogP contribution in [0.4, 0.5) is 10.1 Å². The fraction of sp³-hybridized carbons (Fsp3) is 0. The van der Waals surface area contributed by atoms with E-state index >= 15 is 0 Å². The van der Waals surface area contributed by atoms with Gasteiger partial charge in [0, 0.05) is 4.90 Å². The molecule has 1 heterocycles. The van der Waals surface area contributed by atoms with Crippen LogP contribution in [-0.4, -0.2) is 9.97 Å². The van der Waals surface area contributed by atoms with Gasteiger partial charge in [0.15, 0.2) is 0 Å². The Hall–Kier alpha value is -1.33. The molecule has 0 aliphatic rings. The van der Waals surface area contributed by atoms with Gasteiger partial charge in [-0.15, -0.1) is 0 Å². The third-order valence-electron chi connectivity index (χ3n) is 1.79. The predicted octanol–water partition coefficient (Wildman–Crippen LogP) is 3.00. The second kappa shape index (κ2) is 4.67. The van der Waals surface area contributed by atoms with Crippen LogP contribution in [0.3, 0.4) is 0 Å². The van der Waals surface area contributed by atoms with Crippen LogP contribution >= 0.6 is 23.4 Å². The summed E-state index contributed by atoms with van der Waals surface area (Å²) in [6.07, 6.45) is 1.40. The average molecular weight is 256 g/mol. The fourth-order valence-electron chi connectivity index (χ4n) is 1.07. The van der Waals surface area contributed by atoms with Gasteiger partial charge < -0.3 is 5.73 Å². The van der Waals surface area contributed by atoms with E-state index in [2.05, 4.69) is 9.97 Å². The minimum absolute atomic E-state index is 0.0908. The van der Waals surface area contributed by atoms with Gasteiger partial charge in [0.2, 0.25) is 5.28 Å². The first-order valence-electron chi connectivity index (χ1n) is 4.37. The number of halogens is 2. The van der Waals surface area contributed by atoms with Crippen LogP contribution in [0.5, 0.6) is 0 Å². The van der Waals surface area contributed by atoms with Gasteiger partial charge in [-0.3, -0.25) is 0 Å². The van der Waals surface area contributed by atoms with E-state index < -0.39 is 0 Å². The van der Waals surface area contributed by atoms with E-state index in [1.807, 2.05) is 0 Å². The molecule has 0 aliphatic carbocycles. The van der Waals surface area contributed by atoms with E-state index in [9.17, 15) is 4.39 Å². The molecule has 0 saturated heterocycles. The lowest BCUT2D eigenvalue weighted by Gasteiger charge is -2.04. The Labute approximate surface area is 101 Å². The molecular weight excluding hydrogens is 249 g/mol. The highest BCUT2D eigenvalue weighted by Gasteiger charge is 2.08.